The predicted molar refractivity (Wildman–Crippen MR) is 128 cm³/mol. The van der Waals surface area contributed by atoms with Crippen molar-refractivity contribution in [3.8, 4) is 0 Å². The zero-order valence-corrected chi connectivity index (χ0v) is 27.4. The summed E-state index contributed by atoms with van der Waals surface area (Å²) in [4.78, 5) is 13.4. The molecule has 4 fully saturated rings. The maximum atomic E-state index is 13.4. The van der Waals surface area contributed by atoms with Crippen LogP contribution in [0.25, 0.3) is 0 Å². The number of ketones is 1. The van der Waals surface area contributed by atoms with Crippen LogP contribution in [0.15, 0.2) is 0 Å². The van der Waals surface area contributed by atoms with Crippen molar-refractivity contribution in [1.29, 1.82) is 0 Å². The van der Waals surface area contributed by atoms with Crippen LogP contribution in [0.2, 0.25) is 8.36 Å². The zero-order chi connectivity index (χ0) is 22.6. The number of rotatable bonds is 8. The quantitative estimate of drug-likeness (QED) is 0.251. The van der Waals surface area contributed by atoms with E-state index in [4.69, 9.17) is 0 Å². The fraction of sp³-hybridized carbons (Fsp3) is 0.966. The van der Waals surface area contributed by atoms with Crippen LogP contribution in [0.4, 0.5) is 0 Å². The molecule has 0 aromatic carbocycles. The van der Waals surface area contributed by atoms with E-state index in [0.717, 1.165) is 41.4 Å². The van der Waals surface area contributed by atoms with Gasteiger partial charge in [0, 0.05) is 0 Å². The SMILES string of the molecule is [CH3][Hg][CH2][C@H]1CC[C@]2(C)[C@H]3CC[C@]4(C)[C@@H]([C@H](C)CCCC(C)C)CC[C@H]4[C@@H]3C[C@]12C(C)=O. The summed E-state index contributed by atoms with van der Waals surface area (Å²) in [5.41, 5.74) is 0.926. The molecular formula is C29H50HgO. The van der Waals surface area contributed by atoms with Crippen LogP contribution < -0.4 is 0 Å². The molecule has 1 nitrogen and oxygen atoms in total. The third-order valence-corrected chi connectivity index (χ3v) is 17.0. The number of fused-ring (bicyclic) bond motifs is 5. The van der Waals surface area contributed by atoms with Crippen LogP contribution in [-0.4, -0.2) is 5.78 Å². The van der Waals surface area contributed by atoms with E-state index in [1.165, 1.54) is 68.1 Å². The van der Waals surface area contributed by atoms with Crippen LogP contribution in [-0.2, 0) is 29.4 Å². The van der Waals surface area contributed by atoms with Gasteiger partial charge in [0.15, 0.2) is 0 Å². The Morgan fingerprint density at radius 2 is 1.74 bits per heavy atom. The molecule has 4 rings (SSSR count). The van der Waals surface area contributed by atoms with E-state index < -0.39 is 24.6 Å². The number of carbonyl (C=O) groups excluding carboxylic acids is 1. The van der Waals surface area contributed by atoms with E-state index in [9.17, 15) is 4.79 Å². The van der Waals surface area contributed by atoms with Gasteiger partial charge in [-0.3, -0.25) is 0 Å². The molecule has 0 N–H and O–H groups in total. The summed E-state index contributed by atoms with van der Waals surface area (Å²) in [5, 5.41) is 0. The van der Waals surface area contributed by atoms with Gasteiger partial charge in [-0.1, -0.05) is 13.8 Å². The van der Waals surface area contributed by atoms with Gasteiger partial charge in [0.05, 0.1) is 0 Å². The Bertz CT molecular complexity index is 672. The van der Waals surface area contributed by atoms with E-state index in [0.29, 0.717) is 16.6 Å². The average molecular weight is 615 g/mol. The standard InChI is InChI=1S/C28H47O.CH3.Hg/c1-18(2)9-8-10-19(3)23-11-12-24-22-17-28(21(5)29)20(4)13-16-27(28,7)25(22)14-15-26(23,24)6;;/h18-20,22-25H,4,8-17H2,1-3,5-7H3;1H3;/t19-,20+,22+,23-,24+,25+,26-,27-,28-;;/m1../s1. The van der Waals surface area contributed by atoms with Gasteiger partial charge in [0.2, 0.25) is 0 Å². The molecule has 0 bridgehead atoms. The van der Waals surface area contributed by atoms with Crippen LogP contribution in [0, 0.1) is 57.7 Å². The van der Waals surface area contributed by atoms with Crippen molar-refractivity contribution in [1.82, 2.24) is 0 Å². The Hall–Kier alpha value is 0.605. The summed E-state index contributed by atoms with van der Waals surface area (Å²) in [6.45, 7) is 14.6. The molecule has 0 unspecified atom stereocenters. The molecule has 4 aliphatic carbocycles. The minimum absolute atomic E-state index is 0.0601. The number of Topliss-reactive ketones (excluding diaryl/α,β-unsaturated/α-hetero) is 1. The average Bonchev–Trinajstić information content (AvgIpc) is 3.27. The molecule has 0 spiro atoms. The van der Waals surface area contributed by atoms with Gasteiger partial charge in [-0.25, -0.2) is 0 Å². The fourth-order valence-electron chi connectivity index (χ4n) is 10.7. The Labute approximate surface area is 206 Å². The summed E-state index contributed by atoms with van der Waals surface area (Å²) in [7, 11) is 0. The van der Waals surface area contributed by atoms with Gasteiger partial charge in [0.1, 0.15) is 0 Å². The third kappa shape index (κ3) is 3.67. The van der Waals surface area contributed by atoms with Crippen molar-refractivity contribution in [2.24, 2.45) is 57.7 Å². The van der Waals surface area contributed by atoms with Crippen molar-refractivity contribution in [3.05, 3.63) is 0 Å². The van der Waals surface area contributed by atoms with Crippen molar-refractivity contribution >= 4 is 5.78 Å². The molecule has 0 aromatic heterocycles. The second kappa shape index (κ2) is 9.00. The summed E-state index contributed by atoms with van der Waals surface area (Å²) in [5.74, 6) is 6.57. The molecule has 0 heterocycles. The molecule has 2 heteroatoms. The zero-order valence-electron chi connectivity index (χ0n) is 21.9. The van der Waals surface area contributed by atoms with E-state index in [1.54, 1.807) is 0 Å². The molecular weight excluding hydrogens is 565 g/mol. The Kier molecular flexibility index (Phi) is 7.17. The summed E-state index contributed by atoms with van der Waals surface area (Å²) in [6.07, 6.45) is 14.0. The summed E-state index contributed by atoms with van der Waals surface area (Å²) >= 11 is -0.729. The van der Waals surface area contributed by atoms with Crippen molar-refractivity contribution in [3.63, 3.8) is 0 Å². The van der Waals surface area contributed by atoms with Gasteiger partial charge in [0.25, 0.3) is 0 Å². The van der Waals surface area contributed by atoms with E-state index >= 15 is 0 Å². The van der Waals surface area contributed by atoms with Crippen molar-refractivity contribution in [2.45, 2.75) is 114 Å². The van der Waals surface area contributed by atoms with Crippen LogP contribution in [0.1, 0.15) is 106 Å². The Morgan fingerprint density at radius 1 is 1.00 bits per heavy atom. The Balaban J connectivity index is 1.57. The predicted octanol–water partition coefficient (Wildman–Crippen LogP) is 8.45. The van der Waals surface area contributed by atoms with Crippen LogP contribution in [0.3, 0.4) is 0 Å². The molecule has 0 aliphatic heterocycles. The second-order valence-corrected chi connectivity index (χ2v) is 19.7. The first-order chi connectivity index (χ1) is 14.6. The topological polar surface area (TPSA) is 17.1 Å². The maximum absolute atomic E-state index is 13.4. The number of hydrogen-bond acceptors (Lipinski definition) is 1. The normalized spacial score (nSPS) is 47.0. The van der Waals surface area contributed by atoms with Gasteiger partial charge in [-0.2, -0.15) is 0 Å². The van der Waals surface area contributed by atoms with Gasteiger partial charge in [-0.05, 0) is 5.92 Å². The third-order valence-electron chi connectivity index (χ3n) is 12.0. The molecule has 4 aliphatic rings. The first kappa shape index (κ1) is 24.7. The molecule has 0 aromatic rings. The summed E-state index contributed by atoms with van der Waals surface area (Å²) < 4.78 is 4.04. The molecule has 174 valence electrons. The summed E-state index contributed by atoms with van der Waals surface area (Å²) in [6, 6.07) is 0. The Morgan fingerprint density at radius 3 is 2.39 bits per heavy atom. The van der Waals surface area contributed by atoms with E-state index in [1.807, 2.05) is 6.92 Å². The molecule has 0 saturated heterocycles. The van der Waals surface area contributed by atoms with Gasteiger partial charge < -0.3 is 0 Å². The van der Waals surface area contributed by atoms with E-state index in [-0.39, 0.29) is 5.41 Å². The molecule has 9 atom stereocenters. The van der Waals surface area contributed by atoms with Crippen LogP contribution >= 0.6 is 0 Å². The van der Waals surface area contributed by atoms with Gasteiger partial charge in [-0.15, -0.1) is 0 Å². The fourth-order valence-corrected chi connectivity index (χ4v) is 16.4. The van der Waals surface area contributed by atoms with Crippen molar-refractivity contribution < 1.29 is 29.4 Å². The first-order valence-electron chi connectivity index (χ1n) is 14.1. The van der Waals surface area contributed by atoms with Gasteiger partial charge >= 0.3 is 187 Å². The second-order valence-electron chi connectivity index (χ2n) is 13.6. The minimum atomic E-state index is -0.729. The van der Waals surface area contributed by atoms with Crippen molar-refractivity contribution in [2.75, 3.05) is 0 Å². The monoisotopic (exact) mass is 616 g/mol. The number of hydrogen-bond donors (Lipinski definition) is 0. The molecule has 0 amide bonds. The van der Waals surface area contributed by atoms with Crippen LogP contribution in [0.5, 0.6) is 0 Å². The molecule has 0 radical (unpaired) electrons. The molecule has 31 heavy (non-hydrogen) atoms. The molecule has 4 saturated carbocycles. The van der Waals surface area contributed by atoms with E-state index in [2.05, 4.69) is 39.1 Å². The number of carbonyl (C=O) groups is 1. The first-order valence-corrected chi connectivity index (χ1v) is 23.5.